The van der Waals surface area contributed by atoms with Crippen LogP contribution in [0.5, 0.6) is 5.75 Å². The molecule has 0 saturated heterocycles. The number of aliphatic carboxylic acids is 1. The van der Waals surface area contributed by atoms with E-state index < -0.39 is 17.8 Å². The van der Waals surface area contributed by atoms with Crippen molar-refractivity contribution < 1.29 is 19.4 Å². The first kappa shape index (κ1) is 13.7. The predicted molar refractivity (Wildman–Crippen MR) is 77.0 cm³/mol. The Kier molecular flexibility index (Phi) is 3.41. The number of rotatable bonds is 4. The van der Waals surface area contributed by atoms with Crippen LogP contribution in [0.15, 0.2) is 36.4 Å². The van der Waals surface area contributed by atoms with Crippen molar-refractivity contribution in [1.29, 1.82) is 0 Å². The van der Waals surface area contributed by atoms with Crippen LogP contribution in [0.4, 0.5) is 5.69 Å². The van der Waals surface area contributed by atoms with E-state index in [0.29, 0.717) is 11.4 Å². The molecular formula is C16H17NO4. The predicted octanol–water partition coefficient (Wildman–Crippen LogP) is 2.16. The summed E-state index contributed by atoms with van der Waals surface area (Å²) in [6.07, 6.45) is 4.66. The van der Waals surface area contributed by atoms with Gasteiger partial charge in [-0.15, -0.1) is 0 Å². The Morgan fingerprint density at radius 1 is 1.24 bits per heavy atom. The van der Waals surface area contributed by atoms with Crippen molar-refractivity contribution in [1.82, 2.24) is 0 Å². The minimum Gasteiger partial charge on any atom is -0.497 e. The van der Waals surface area contributed by atoms with Crippen molar-refractivity contribution in [2.24, 2.45) is 23.7 Å². The van der Waals surface area contributed by atoms with Crippen LogP contribution in [0.1, 0.15) is 6.42 Å². The molecule has 1 fully saturated rings. The Bertz CT molecular complexity index is 610. The van der Waals surface area contributed by atoms with Gasteiger partial charge in [0.25, 0.3) is 0 Å². The number of benzene rings is 1. The zero-order valence-corrected chi connectivity index (χ0v) is 11.7. The van der Waals surface area contributed by atoms with E-state index in [2.05, 4.69) is 5.32 Å². The van der Waals surface area contributed by atoms with Gasteiger partial charge >= 0.3 is 5.97 Å². The number of hydrogen-bond donors (Lipinski definition) is 2. The largest absolute Gasteiger partial charge is 0.497 e. The highest BCUT2D eigenvalue weighted by Crippen LogP contribution is 2.48. The molecule has 21 heavy (non-hydrogen) atoms. The summed E-state index contributed by atoms with van der Waals surface area (Å²) < 4.78 is 5.11. The molecule has 0 aromatic heterocycles. The van der Waals surface area contributed by atoms with Crippen LogP contribution in [0.3, 0.4) is 0 Å². The van der Waals surface area contributed by atoms with Crippen molar-refractivity contribution in [3.63, 3.8) is 0 Å². The van der Waals surface area contributed by atoms with Crippen LogP contribution < -0.4 is 10.1 Å². The van der Waals surface area contributed by atoms with Crippen LogP contribution in [-0.2, 0) is 9.59 Å². The second-order valence-electron chi connectivity index (χ2n) is 5.56. The molecule has 5 heteroatoms. The van der Waals surface area contributed by atoms with Crippen LogP contribution in [0.25, 0.3) is 0 Å². The summed E-state index contributed by atoms with van der Waals surface area (Å²) in [5.74, 6) is -1.58. The molecule has 2 aliphatic rings. The highest BCUT2D eigenvalue weighted by atomic mass is 16.5. The fraction of sp³-hybridized carbons (Fsp3) is 0.375. The van der Waals surface area contributed by atoms with Gasteiger partial charge in [-0.3, -0.25) is 9.59 Å². The van der Waals surface area contributed by atoms with Gasteiger partial charge in [0.2, 0.25) is 5.91 Å². The summed E-state index contributed by atoms with van der Waals surface area (Å²) >= 11 is 0. The van der Waals surface area contributed by atoms with E-state index in [1.807, 2.05) is 12.2 Å². The maximum atomic E-state index is 12.5. The van der Waals surface area contributed by atoms with E-state index >= 15 is 0 Å². The van der Waals surface area contributed by atoms with Gasteiger partial charge in [-0.05, 0) is 30.4 Å². The highest BCUT2D eigenvalue weighted by molar-refractivity contribution is 5.96. The van der Waals surface area contributed by atoms with E-state index in [1.54, 1.807) is 31.4 Å². The molecule has 110 valence electrons. The number of carbonyl (C=O) groups excluding carboxylic acids is 1. The molecule has 1 amide bonds. The smallest absolute Gasteiger partial charge is 0.307 e. The van der Waals surface area contributed by atoms with E-state index in [9.17, 15) is 14.7 Å². The number of nitrogens with one attached hydrogen (secondary N) is 1. The molecule has 0 aliphatic heterocycles. The first-order valence-electron chi connectivity index (χ1n) is 6.96. The third kappa shape index (κ3) is 2.39. The van der Waals surface area contributed by atoms with Crippen molar-refractivity contribution in [3.05, 3.63) is 36.4 Å². The average Bonchev–Trinajstić information content (AvgIpc) is 3.07. The molecule has 2 bridgehead atoms. The number of hydrogen-bond acceptors (Lipinski definition) is 3. The molecule has 3 rings (SSSR count). The fourth-order valence-corrected chi connectivity index (χ4v) is 3.44. The summed E-state index contributed by atoms with van der Waals surface area (Å²) in [5.41, 5.74) is 0.621. The Morgan fingerprint density at radius 3 is 2.62 bits per heavy atom. The maximum absolute atomic E-state index is 12.5. The molecule has 0 spiro atoms. The lowest BCUT2D eigenvalue weighted by Crippen LogP contribution is -2.36. The third-order valence-electron chi connectivity index (χ3n) is 4.38. The second-order valence-corrected chi connectivity index (χ2v) is 5.56. The molecule has 2 aliphatic carbocycles. The molecule has 0 heterocycles. The Balaban J connectivity index is 1.78. The lowest BCUT2D eigenvalue weighted by atomic mass is 9.82. The quantitative estimate of drug-likeness (QED) is 0.832. The summed E-state index contributed by atoms with van der Waals surface area (Å²) in [6.45, 7) is 0. The van der Waals surface area contributed by atoms with Crippen molar-refractivity contribution in [2.75, 3.05) is 12.4 Å². The topological polar surface area (TPSA) is 75.6 Å². The van der Waals surface area contributed by atoms with Crippen LogP contribution in [0.2, 0.25) is 0 Å². The zero-order valence-electron chi connectivity index (χ0n) is 11.7. The molecule has 5 nitrogen and oxygen atoms in total. The number of carboxylic acids is 1. The standard InChI is InChI=1S/C16H17NO4/c1-21-12-4-2-3-11(8-12)17-15(18)13-9-5-6-10(7-9)14(13)16(19)20/h2-6,8-10,13-14H,7H2,1H3,(H,17,18)(H,19,20)/t9-,10+,13+,14+/m0/s1. The third-order valence-corrected chi connectivity index (χ3v) is 4.38. The molecule has 0 radical (unpaired) electrons. The first-order valence-corrected chi connectivity index (χ1v) is 6.96. The first-order chi connectivity index (χ1) is 10.1. The van der Waals surface area contributed by atoms with Crippen molar-refractivity contribution in [2.45, 2.75) is 6.42 Å². The average molecular weight is 287 g/mol. The number of anilines is 1. The number of carbonyl (C=O) groups is 2. The molecule has 1 aromatic rings. The minimum absolute atomic E-state index is 0.0199. The van der Waals surface area contributed by atoms with E-state index in [4.69, 9.17) is 4.74 Å². The summed E-state index contributed by atoms with van der Waals surface area (Å²) in [6, 6.07) is 7.05. The van der Waals surface area contributed by atoms with E-state index in [-0.39, 0.29) is 17.7 Å². The Morgan fingerprint density at radius 2 is 1.95 bits per heavy atom. The fourth-order valence-electron chi connectivity index (χ4n) is 3.44. The SMILES string of the molecule is COc1cccc(NC(=O)[C@H]2[C@H](C(=O)O)[C@@H]3C=C[C@H]2C3)c1. The minimum atomic E-state index is -0.891. The van der Waals surface area contributed by atoms with Gasteiger partial charge in [-0.2, -0.15) is 0 Å². The molecule has 0 unspecified atom stereocenters. The summed E-state index contributed by atoms with van der Waals surface area (Å²) in [4.78, 5) is 23.9. The normalized spacial score (nSPS) is 29.4. The van der Waals surface area contributed by atoms with Crippen molar-refractivity contribution in [3.8, 4) is 5.75 Å². The molecular weight excluding hydrogens is 270 g/mol. The maximum Gasteiger partial charge on any atom is 0.307 e. The Hall–Kier alpha value is -2.30. The number of amides is 1. The zero-order chi connectivity index (χ0) is 15.0. The molecule has 2 N–H and O–H groups in total. The highest BCUT2D eigenvalue weighted by Gasteiger charge is 2.51. The molecule has 1 aromatic carbocycles. The number of allylic oxidation sites excluding steroid dienone is 2. The van der Waals surface area contributed by atoms with Gasteiger partial charge in [-0.1, -0.05) is 18.2 Å². The van der Waals surface area contributed by atoms with Crippen LogP contribution in [0, 0.1) is 23.7 Å². The monoisotopic (exact) mass is 287 g/mol. The van der Waals surface area contributed by atoms with Gasteiger partial charge in [0, 0.05) is 11.8 Å². The lowest BCUT2D eigenvalue weighted by molar-refractivity contribution is -0.146. The number of methoxy groups -OCH3 is 1. The Labute approximate surface area is 122 Å². The lowest BCUT2D eigenvalue weighted by Gasteiger charge is -2.23. The number of carboxylic acid groups (broad SMARTS) is 1. The molecule has 1 saturated carbocycles. The number of ether oxygens (including phenoxy) is 1. The van der Waals surface area contributed by atoms with E-state index in [1.165, 1.54) is 0 Å². The van der Waals surface area contributed by atoms with Gasteiger partial charge in [-0.25, -0.2) is 0 Å². The van der Waals surface area contributed by atoms with Crippen molar-refractivity contribution >= 4 is 17.6 Å². The van der Waals surface area contributed by atoms with Crippen LogP contribution in [-0.4, -0.2) is 24.1 Å². The second kappa shape index (κ2) is 5.24. The van der Waals surface area contributed by atoms with Gasteiger partial charge < -0.3 is 15.2 Å². The van der Waals surface area contributed by atoms with Gasteiger partial charge in [0.15, 0.2) is 0 Å². The van der Waals surface area contributed by atoms with Gasteiger partial charge in [0.1, 0.15) is 5.75 Å². The number of fused-ring (bicyclic) bond motifs is 2. The molecule has 4 atom stereocenters. The summed E-state index contributed by atoms with van der Waals surface area (Å²) in [7, 11) is 1.56. The van der Waals surface area contributed by atoms with E-state index in [0.717, 1.165) is 6.42 Å². The summed E-state index contributed by atoms with van der Waals surface area (Å²) in [5, 5.41) is 12.2. The van der Waals surface area contributed by atoms with Crippen LogP contribution >= 0.6 is 0 Å². The van der Waals surface area contributed by atoms with Gasteiger partial charge in [0.05, 0.1) is 18.9 Å².